The second kappa shape index (κ2) is 8.01. The zero-order valence-electron chi connectivity index (χ0n) is 14.2. The van der Waals surface area contributed by atoms with Gasteiger partial charge in [-0.1, -0.05) is 23.7 Å². The van der Waals surface area contributed by atoms with Gasteiger partial charge in [-0.2, -0.15) is 5.10 Å². The lowest BCUT2D eigenvalue weighted by Gasteiger charge is -2.16. The van der Waals surface area contributed by atoms with E-state index in [1.807, 2.05) is 0 Å². The molecule has 1 fully saturated rings. The molecule has 134 valence electrons. The number of anilines is 1. The van der Waals surface area contributed by atoms with E-state index in [1.165, 1.54) is 6.21 Å². The van der Waals surface area contributed by atoms with Crippen LogP contribution in [0.5, 0.6) is 5.75 Å². The van der Waals surface area contributed by atoms with Gasteiger partial charge in [0.25, 0.3) is 0 Å². The summed E-state index contributed by atoms with van der Waals surface area (Å²) in [4.78, 5) is 26.1. The number of carbonyl (C=O) groups is 2. The first kappa shape index (κ1) is 17.9. The number of methoxy groups -OCH3 is 1. The molecule has 2 amide bonds. The van der Waals surface area contributed by atoms with Crippen molar-refractivity contribution in [1.29, 1.82) is 0 Å². The van der Waals surface area contributed by atoms with E-state index in [0.717, 1.165) is 11.3 Å². The Morgan fingerprint density at radius 2 is 1.92 bits per heavy atom. The number of benzene rings is 2. The van der Waals surface area contributed by atoms with Crippen molar-refractivity contribution in [1.82, 2.24) is 5.43 Å². The molecule has 3 rings (SSSR count). The van der Waals surface area contributed by atoms with Crippen molar-refractivity contribution in [3.8, 4) is 5.75 Å². The van der Waals surface area contributed by atoms with Gasteiger partial charge in [-0.25, -0.2) is 5.43 Å². The summed E-state index contributed by atoms with van der Waals surface area (Å²) in [7, 11) is 1.58. The first-order valence-corrected chi connectivity index (χ1v) is 8.47. The number of ether oxygens (including phenoxy) is 1. The Morgan fingerprint density at radius 1 is 1.23 bits per heavy atom. The number of hydrogen-bond donors (Lipinski definition) is 1. The quantitative estimate of drug-likeness (QED) is 0.649. The second-order valence-corrected chi connectivity index (χ2v) is 6.33. The van der Waals surface area contributed by atoms with Crippen molar-refractivity contribution in [3.05, 3.63) is 59.1 Å². The summed E-state index contributed by atoms with van der Waals surface area (Å²) >= 11 is 5.82. The Morgan fingerprint density at radius 3 is 2.58 bits per heavy atom. The predicted octanol–water partition coefficient (Wildman–Crippen LogP) is 2.85. The van der Waals surface area contributed by atoms with Crippen LogP contribution < -0.4 is 15.1 Å². The van der Waals surface area contributed by atoms with E-state index in [1.54, 1.807) is 60.5 Å². The molecular formula is C19H18ClN3O3. The maximum absolute atomic E-state index is 12.3. The lowest BCUT2D eigenvalue weighted by Crippen LogP contribution is -2.30. The molecule has 0 unspecified atom stereocenters. The summed E-state index contributed by atoms with van der Waals surface area (Å²) in [5, 5.41) is 4.58. The van der Waals surface area contributed by atoms with Crippen LogP contribution in [0.25, 0.3) is 0 Å². The van der Waals surface area contributed by atoms with E-state index in [4.69, 9.17) is 16.3 Å². The number of nitrogens with one attached hydrogen (secondary N) is 1. The van der Waals surface area contributed by atoms with Gasteiger partial charge in [0.15, 0.2) is 0 Å². The number of hydrogen-bond acceptors (Lipinski definition) is 4. The Hall–Kier alpha value is -2.86. The molecule has 1 heterocycles. The molecule has 0 saturated carbocycles. The highest BCUT2D eigenvalue weighted by Gasteiger charge is 2.35. The van der Waals surface area contributed by atoms with E-state index in [9.17, 15) is 9.59 Å². The van der Waals surface area contributed by atoms with Crippen molar-refractivity contribution < 1.29 is 14.3 Å². The molecule has 6 nitrogen and oxygen atoms in total. The number of halogens is 1. The van der Waals surface area contributed by atoms with Crippen molar-refractivity contribution in [2.45, 2.75) is 6.42 Å². The molecule has 0 radical (unpaired) electrons. The Kier molecular flexibility index (Phi) is 5.53. The zero-order chi connectivity index (χ0) is 18.5. The Bertz CT molecular complexity index is 819. The van der Waals surface area contributed by atoms with Gasteiger partial charge in [-0.15, -0.1) is 0 Å². The third-order valence-corrected chi connectivity index (χ3v) is 4.39. The van der Waals surface area contributed by atoms with Crippen LogP contribution in [0.2, 0.25) is 5.02 Å². The fourth-order valence-electron chi connectivity index (χ4n) is 2.71. The molecule has 1 N–H and O–H groups in total. The molecule has 1 atom stereocenters. The van der Waals surface area contributed by atoms with Gasteiger partial charge in [0.1, 0.15) is 5.75 Å². The average Bonchev–Trinajstić information content (AvgIpc) is 3.05. The highest BCUT2D eigenvalue weighted by molar-refractivity contribution is 6.30. The van der Waals surface area contributed by atoms with Gasteiger partial charge >= 0.3 is 0 Å². The zero-order valence-corrected chi connectivity index (χ0v) is 14.9. The molecule has 2 aromatic rings. The van der Waals surface area contributed by atoms with Crippen molar-refractivity contribution in [2.75, 3.05) is 18.6 Å². The van der Waals surface area contributed by atoms with Crippen LogP contribution in [0.15, 0.2) is 53.6 Å². The number of carbonyl (C=O) groups excluding carboxylic acids is 2. The van der Waals surface area contributed by atoms with Crippen molar-refractivity contribution in [2.24, 2.45) is 11.0 Å². The van der Waals surface area contributed by atoms with Crippen LogP contribution in [0.1, 0.15) is 12.0 Å². The summed E-state index contributed by atoms with van der Waals surface area (Å²) in [5.41, 5.74) is 4.06. The van der Waals surface area contributed by atoms with Gasteiger partial charge in [0.05, 0.1) is 19.2 Å². The minimum absolute atomic E-state index is 0.0861. The van der Waals surface area contributed by atoms with Crippen LogP contribution in [0, 0.1) is 5.92 Å². The van der Waals surface area contributed by atoms with Crippen molar-refractivity contribution >= 4 is 35.3 Å². The summed E-state index contributed by atoms with van der Waals surface area (Å²) in [5.74, 6) is -0.0882. The SMILES string of the molecule is COc1ccc(N2C[C@@H](C(=O)N/N=C\c3ccc(Cl)cc3)CC2=O)cc1. The minimum atomic E-state index is -0.438. The van der Waals surface area contributed by atoms with Crippen LogP contribution in [-0.4, -0.2) is 31.7 Å². The van der Waals surface area contributed by atoms with Gasteiger partial charge in [0.2, 0.25) is 11.8 Å². The summed E-state index contributed by atoms with van der Waals surface area (Å²) in [6, 6.07) is 14.2. The van der Waals surface area contributed by atoms with E-state index in [2.05, 4.69) is 10.5 Å². The normalized spacial score (nSPS) is 16.9. The predicted molar refractivity (Wildman–Crippen MR) is 101 cm³/mol. The third-order valence-electron chi connectivity index (χ3n) is 4.14. The number of rotatable bonds is 5. The van der Waals surface area contributed by atoms with Crippen LogP contribution in [-0.2, 0) is 9.59 Å². The van der Waals surface area contributed by atoms with E-state index in [0.29, 0.717) is 17.3 Å². The number of amides is 2. The van der Waals surface area contributed by atoms with E-state index in [-0.39, 0.29) is 18.2 Å². The molecule has 0 bridgehead atoms. The number of nitrogens with zero attached hydrogens (tertiary/aromatic N) is 2. The van der Waals surface area contributed by atoms with Crippen LogP contribution in [0.4, 0.5) is 5.69 Å². The Balaban J connectivity index is 1.58. The third kappa shape index (κ3) is 4.21. The Labute approximate surface area is 156 Å². The molecule has 0 aliphatic carbocycles. The maximum atomic E-state index is 12.3. The van der Waals surface area contributed by atoms with Gasteiger partial charge in [0, 0.05) is 23.7 Å². The lowest BCUT2D eigenvalue weighted by atomic mass is 10.1. The van der Waals surface area contributed by atoms with Crippen LogP contribution in [0.3, 0.4) is 0 Å². The van der Waals surface area contributed by atoms with E-state index < -0.39 is 5.92 Å². The smallest absolute Gasteiger partial charge is 0.245 e. The summed E-state index contributed by atoms with van der Waals surface area (Å²) in [6.07, 6.45) is 1.70. The molecule has 0 spiro atoms. The first-order valence-electron chi connectivity index (χ1n) is 8.09. The molecule has 26 heavy (non-hydrogen) atoms. The molecule has 7 heteroatoms. The molecule has 1 aliphatic rings. The second-order valence-electron chi connectivity index (χ2n) is 5.89. The van der Waals surface area contributed by atoms with Gasteiger partial charge in [-0.3, -0.25) is 9.59 Å². The lowest BCUT2D eigenvalue weighted by molar-refractivity contribution is -0.126. The van der Waals surface area contributed by atoms with Gasteiger partial charge < -0.3 is 9.64 Å². The maximum Gasteiger partial charge on any atom is 0.245 e. The highest BCUT2D eigenvalue weighted by atomic mass is 35.5. The topological polar surface area (TPSA) is 71.0 Å². The molecule has 1 aliphatic heterocycles. The number of hydrazone groups is 1. The summed E-state index contributed by atoms with van der Waals surface area (Å²) < 4.78 is 5.11. The van der Waals surface area contributed by atoms with E-state index >= 15 is 0 Å². The minimum Gasteiger partial charge on any atom is -0.497 e. The molecule has 1 saturated heterocycles. The molecular weight excluding hydrogens is 354 g/mol. The summed E-state index contributed by atoms with van der Waals surface area (Å²) in [6.45, 7) is 0.327. The molecule has 2 aromatic carbocycles. The molecule has 0 aromatic heterocycles. The standard InChI is InChI=1S/C19H18ClN3O3/c1-26-17-8-6-16(7-9-17)23-12-14(10-18(23)24)19(25)22-21-11-13-2-4-15(20)5-3-13/h2-9,11,14H,10,12H2,1H3,(H,22,25)/b21-11-/t14-/m0/s1. The monoisotopic (exact) mass is 371 g/mol. The fourth-order valence-corrected chi connectivity index (χ4v) is 2.83. The van der Waals surface area contributed by atoms with Crippen LogP contribution >= 0.6 is 11.6 Å². The average molecular weight is 372 g/mol. The fraction of sp³-hybridized carbons (Fsp3) is 0.211. The largest absolute Gasteiger partial charge is 0.497 e. The first-order chi connectivity index (χ1) is 12.6. The highest BCUT2D eigenvalue weighted by Crippen LogP contribution is 2.26. The van der Waals surface area contributed by atoms with Gasteiger partial charge in [-0.05, 0) is 42.0 Å². The van der Waals surface area contributed by atoms with Crippen molar-refractivity contribution in [3.63, 3.8) is 0 Å².